The van der Waals surface area contributed by atoms with Crippen LogP contribution in [0.5, 0.6) is 0 Å². The van der Waals surface area contributed by atoms with Crippen LogP contribution in [0.4, 0.5) is 11.5 Å². The van der Waals surface area contributed by atoms with Crippen LogP contribution >= 0.6 is 15.9 Å². The van der Waals surface area contributed by atoms with Crippen molar-refractivity contribution in [2.75, 3.05) is 18.0 Å². The van der Waals surface area contributed by atoms with Gasteiger partial charge < -0.3 is 5.32 Å². The van der Waals surface area contributed by atoms with Gasteiger partial charge in [0.2, 0.25) is 5.91 Å². The highest BCUT2D eigenvalue weighted by atomic mass is 79.9. The first-order valence-corrected chi connectivity index (χ1v) is 7.63. The number of carbonyl (C=O) groups is 1. The van der Waals surface area contributed by atoms with Crippen LogP contribution in [-0.4, -0.2) is 29.2 Å². The number of nitrogens with one attached hydrogen (secondary N) is 1. The summed E-state index contributed by atoms with van der Waals surface area (Å²) in [6.07, 6.45) is 2.46. The van der Waals surface area contributed by atoms with Crippen molar-refractivity contribution in [3.8, 4) is 0 Å². The van der Waals surface area contributed by atoms with Crippen molar-refractivity contribution in [1.82, 2.24) is 15.5 Å². The van der Waals surface area contributed by atoms with Gasteiger partial charge in [0, 0.05) is 17.2 Å². The maximum Gasteiger partial charge on any atom is 0.237 e. The number of rotatable bonds is 3. The molecule has 3 rings (SSSR count). The molecule has 0 unspecified atom stereocenters. The van der Waals surface area contributed by atoms with Gasteiger partial charge in [-0.05, 0) is 49.4 Å². The van der Waals surface area contributed by atoms with E-state index in [-0.39, 0.29) is 11.8 Å². The smallest absolute Gasteiger partial charge is 0.237 e. The Hall–Kier alpha value is -1.79. The molecule has 1 atom stereocenters. The predicted molar refractivity (Wildman–Crippen MR) is 84.3 cm³/mol. The maximum absolute atomic E-state index is 12.8. The van der Waals surface area contributed by atoms with Crippen molar-refractivity contribution in [3.63, 3.8) is 0 Å². The Balaban J connectivity index is 1.98. The van der Waals surface area contributed by atoms with Gasteiger partial charge in [-0.25, -0.2) is 0 Å². The number of aromatic nitrogens is 2. The summed E-state index contributed by atoms with van der Waals surface area (Å²) in [5.41, 5.74) is 0.801. The van der Waals surface area contributed by atoms with Gasteiger partial charge in [0.1, 0.15) is 0 Å². The summed E-state index contributed by atoms with van der Waals surface area (Å²) in [6.45, 7) is 1.59. The fraction of sp³-hybridized carbons (Fsp3) is 0.267. The second kappa shape index (κ2) is 6.32. The highest BCUT2D eigenvalue weighted by Gasteiger charge is 2.29. The molecule has 1 aliphatic heterocycles. The molecule has 0 radical (unpaired) electrons. The topological polar surface area (TPSA) is 58.1 Å². The van der Waals surface area contributed by atoms with Crippen molar-refractivity contribution in [2.45, 2.75) is 6.42 Å². The zero-order valence-corrected chi connectivity index (χ0v) is 13.0. The quantitative estimate of drug-likeness (QED) is 0.927. The van der Waals surface area contributed by atoms with Crippen molar-refractivity contribution in [2.24, 2.45) is 5.92 Å². The molecular weight excluding hydrogens is 332 g/mol. The van der Waals surface area contributed by atoms with E-state index in [2.05, 4.69) is 31.4 Å². The second-order valence-electron chi connectivity index (χ2n) is 4.92. The van der Waals surface area contributed by atoms with Gasteiger partial charge in [-0.1, -0.05) is 15.9 Å². The van der Waals surface area contributed by atoms with Gasteiger partial charge >= 0.3 is 0 Å². The zero-order chi connectivity index (χ0) is 14.7. The average Bonchev–Trinajstić information content (AvgIpc) is 3.05. The van der Waals surface area contributed by atoms with E-state index in [0.29, 0.717) is 12.4 Å². The van der Waals surface area contributed by atoms with Crippen LogP contribution in [0.25, 0.3) is 0 Å². The molecule has 1 aromatic heterocycles. The number of anilines is 2. The van der Waals surface area contributed by atoms with Gasteiger partial charge in [0.05, 0.1) is 11.6 Å². The number of halogens is 1. The Morgan fingerprint density at radius 3 is 2.71 bits per heavy atom. The number of hydrogen-bond acceptors (Lipinski definition) is 4. The molecule has 0 bridgehead atoms. The molecule has 108 valence electrons. The van der Waals surface area contributed by atoms with Gasteiger partial charge in [-0.3, -0.25) is 9.69 Å². The Morgan fingerprint density at radius 1 is 1.29 bits per heavy atom. The van der Waals surface area contributed by atoms with E-state index in [0.717, 1.165) is 23.1 Å². The van der Waals surface area contributed by atoms with Crippen LogP contribution in [0, 0.1) is 5.92 Å². The lowest BCUT2D eigenvalue weighted by Crippen LogP contribution is -2.34. The Bertz CT molecular complexity index is 611. The molecule has 1 fully saturated rings. The standard InChI is InChI=1S/C15H15BrN4O/c16-12-3-5-13(6-4-12)20(14-2-1-8-18-19-14)15(21)11-7-9-17-10-11/h1-6,8,11,17H,7,9-10H2/t11-/m0/s1. The molecule has 21 heavy (non-hydrogen) atoms. The van der Waals surface area contributed by atoms with Crippen LogP contribution < -0.4 is 10.2 Å². The van der Waals surface area contributed by atoms with Crippen molar-refractivity contribution in [1.29, 1.82) is 0 Å². The molecular formula is C15H15BrN4O. The predicted octanol–water partition coefficient (Wildman–Crippen LogP) is 2.51. The van der Waals surface area contributed by atoms with Gasteiger partial charge in [-0.2, -0.15) is 5.10 Å². The lowest BCUT2D eigenvalue weighted by molar-refractivity contribution is -0.121. The van der Waals surface area contributed by atoms with Crippen molar-refractivity contribution >= 4 is 33.3 Å². The Morgan fingerprint density at radius 2 is 2.10 bits per heavy atom. The molecule has 2 aromatic rings. The minimum Gasteiger partial charge on any atom is -0.316 e. The minimum atomic E-state index is -0.0179. The van der Waals surface area contributed by atoms with Crippen molar-refractivity contribution < 1.29 is 4.79 Å². The molecule has 0 spiro atoms. The monoisotopic (exact) mass is 346 g/mol. The van der Waals surface area contributed by atoms with Gasteiger partial charge in [-0.15, -0.1) is 5.10 Å². The highest BCUT2D eigenvalue weighted by Crippen LogP contribution is 2.28. The number of carbonyl (C=O) groups excluding carboxylic acids is 1. The van der Waals surface area contributed by atoms with Gasteiger partial charge in [0.15, 0.2) is 5.82 Å². The molecule has 1 N–H and O–H groups in total. The maximum atomic E-state index is 12.8. The number of nitrogens with zero attached hydrogens (tertiary/aromatic N) is 3. The molecule has 2 heterocycles. The lowest BCUT2D eigenvalue weighted by atomic mass is 10.1. The highest BCUT2D eigenvalue weighted by molar-refractivity contribution is 9.10. The Labute approximate surface area is 131 Å². The first kappa shape index (κ1) is 14.2. The lowest BCUT2D eigenvalue weighted by Gasteiger charge is -2.24. The summed E-state index contributed by atoms with van der Waals surface area (Å²) in [7, 11) is 0. The molecule has 5 nitrogen and oxygen atoms in total. The Kier molecular flexibility index (Phi) is 4.26. The molecule has 1 aliphatic rings. The van der Waals surface area contributed by atoms with Crippen LogP contribution in [-0.2, 0) is 4.79 Å². The third-order valence-corrected chi connectivity index (χ3v) is 4.03. The number of amides is 1. The molecule has 1 amide bonds. The second-order valence-corrected chi connectivity index (χ2v) is 5.84. The molecule has 6 heteroatoms. The summed E-state index contributed by atoms with van der Waals surface area (Å²) in [4.78, 5) is 14.5. The molecule has 1 saturated heterocycles. The van der Waals surface area contributed by atoms with E-state index in [1.807, 2.05) is 24.3 Å². The number of hydrogen-bond donors (Lipinski definition) is 1. The fourth-order valence-corrected chi connectivity index (χ4v) is 2.69. The summed E-state index contributed by atoms with van der Waals surface area (Å²) >= 11 is 3.41. The van der Waals surface area contributed by atoms with E-state index in [9.17, 15) is 4.79 Å². The van der Waals surface area contributed by atoms with E-state index in [1.165, 1.54) is 0 Å². The van der Waals surface area contributed by atoms with Crippen LogP contribution in [0.1, 0.15) is 6.42 Å². The first-order valence-electron chi connectivity index (χ1n) is 6.83. The molecule has 0 aliphatic carbocycles. The fourth-order valence-electron chi connectivity index (χ4n) is 2.42. The summed E-state index contributed by atoms with van der Waals surface area (Å²) < 4.78 is 0.973. The van der Waals surface area contributed by atoms with Gasteiger partial charge in [0.25, 0.3) is 0 Å². The van der Waals surface area contributed by atoms with Crippen LogP contribution in [0.3, 0.4) is 0 Å². The third kappa shape index (κ3) is 3.11. The average molecular weight is 347 g/mol. The largest absolute Gasteiger partial charge is 0.316 e. The van der Waals surface area contributed by atoms with E-state index >= 15 is 0 Å². The molecule has 1 aromatic carbocycles. The zero-order valence-electron chi connectivity index (χ0n) is 11.4. The van der Waals surface area contributed by atoms with Crippen LogP contribution in [0.2, 0.25) is 0 Å². The number of benzene rings is 1. The van der Waals surface area contributed by atoms with E-state index < -0.39 is 0 Å². The summed E-state index contributed by atoms with van der Waals surface area (Å²) in [5, 5.41) is 11.2. The summed E-state index contributed by atoms with van der Waals surface area (Å²) in [5.74, 6) is 0.593. The first-order chi connectivity index (χ1) is 10.3. The van der Waals surface area contributed by atoms with E-state index in [1.54, 1.807) is 23.2 Å². The van der Waals surface area contributed by atoms with Crippen molar-refractivity contribution in [3.05, 3.63) is 47.1 Å². The SMILES string of the molecule is O=C([C@H]1CCNC1)N(c1ccc(Br)cc1)c1cccnn1. The van der Waals surface area contributed by atoms with E-state index in [4.69, 9.17) is 0 Å². The normalized spacial score (nSPS) is 17.7. The summed E-state index contributed by atoms with van der Waals surface area (Å²) in [6, 6.07) is 11.2. The molecule has 0 saturated carbocycles. The minimum absolute atomic E-state index is 0.0179. The third-order valence-electron chi connectivity index (χ3n) is 3.50. The van der Waals surface area contributed by atoms with Crippen LogP contribution in [0.15, 0.2) is 47.1 Å².